The number of H-pyrrole nitrogens is 1. The van der Waals surface area contributed by atoms with Crippen molar-refractivity contribution >= 4 is 26.8 Å². The Morgan fingerprint density at radius 3 is 2.85 bits per heavy atom. The Kier molecular flexibility index (Phi) is 2.09. The van der Waals surface area contributed by atoms with Gasteiger partial charge < -0.3 is 10.7 Å². The summed E-state index contributed by atoms with van der Waals surface area (Å²) in [6.45, 7) is 0.438. The minimum atomic E-state index is -0.255. The van der Waals surface area contributed by atoms with Gasteiger partial charge in [-0.15, -0.1) is 0 Å². The highest BCUT2D eigenvalue weighted by Crippen LogP contribution is 2.23. The zero-order valence-electron chi connectivity index (χ0n) is 6.77. The lowest BCUT2D eigenvalue weighted by molar-refractivity contribution is 0.623. The first-order chi connectivity index (χ1) is 6.20. The van der Waals surface area contributed by atoms with E-state index in [1.807, 2.05) is 6.07 Å². The Bertz CT molecular complexity index is 411. The van der Waals surface area contributed by atoms with Gasteiger partial charge >= 0.3 is 0 Å². The summed E-state index contributed by atoms with van der Waals surface area (Å²) in [4.78, 5) is 3.09. The van der Waals surface area contributed by atoms with Gasteiger partial charge in [0, 0.05) is 23.1 Å². The van der Waals surface area contributed by atoms with Gasteiger partial charge in [-0.1, -0.05) is 0 Å². The van der Waals surface area contributed by atoms with Gasteiger partial charge in [0.1, 0.15) is 5.82 Å². The average molecular weight is 243 g/mol. The lowest BCUT2D eigenvalue weighted by Crippen LogP contribution is -1.94. The fourth-order valence-electron chi connectivity index (χ4n) is 1.30. The first-order valence-electron chi connectivity index (χ1n) is 3.87. The van der Waals surface area contributed by atoms with Gasteiger partial charge in [0.25, 0.3) is 0 Å². The molecule has 0 radical (unpaired) electrons. The second kappa shape index (κ2) is 3.12. The van der Waals surface area contributed by atoms with E-state index in [4.69, 9.17) is 5.73 Å². The van der Waals surface area contributed by atoms with Crippen molar-refractivity contribution in [2.75, 3.05) is 0 Å². The summed E-state index contributed by atoms with van der Waals surface area (Å²) in [6.07, 6.45) is 0. The number of nitrogens with one attached hydrogen (secondary N) is 1. The average Bonchev–Trinajstić information content (AvgIpc) is 2.48. The fraction of sp³-hybridized carbons (Fsp3) is 0.111. The van der Waals surface area contributed by atoms with Crippen LogP contribution in [0.2, 0.25) is 0 Å². The molecule has 1 aromatic heterocycles. The van der Waals surface area contributed by atoms with E-state index in [0.29, 0.717) is 11.0 Å². The van der Waals surface area contributed by atoms with Crippen molar-refractivity contribution in [2.45, 2.75) is 6.54 Å². The summed E-state index contributed by atoms with van der Waals surface area (Å²) >= 11 is 3.12. The largest absolute Gasteiger partial charge is 0.357 e. The molecule has 4 heteroatoms. The third-order valence-electron chi connectivity index (χ3n) is 1.94. The Labute approximate surface area is 83.1 Å². The molecule has 0 unspecified atom stereocenters. The molecule has 2 aromatic rings. The van der Waals surface area contributed by atoms with Crippen LogP contribution in [0.5, 0.6) is 0 Å². The standard InChI is InChI=1S/C9H8BrFN2/c10-7-3-9-5(2-8(7)11)1-6(4-12)13-9/h1-3,13H,4,12H2. The molecule has 2 rings (SSSR count). The Hall–Kier alpha value is -0.870. The molecule has 0 spiro atoms. The number of benzene rings is 1. The van der Waals surface area contributed by atoms with Crippen LogP contribution in [0, 0.1) is 5.82 Å². The van der Waals surface area contributed by atoms with Crippen molar-refractivity contribution in [3.05, 3.63) is 34.2 Å². The summed E-state index contributed by atoms with van der Waals surface area (Å²) in [5.41, 5.74) is 7.26. The quantitative estimate of drug-likeness (QED) is 0.793. The molecular weight excluding hydrogens is 235 g/mol. The van der Waals surface area contributed by atoms with E-state index in [0.717, 1.165) is 16.6 Å². The monoisotopic (exact) mass is 242 g/mol. The maximum atomic E-state index is 13.1. The highest BCUT2D eigenvalue weighted by Gasteiger charge is 2.04. The molecule has 0 aliphatic rings. The third-order valence-corrected chi connectivity index (χ3v) is 2.55. The van der Waals surface area contributed by atoms with Crippen molar-refractivity contribution in [3.8, 4) is 0 Å². The number of aromatic nitrogens is 1. The molecule has 1 aromatic carbocycles. The zero-order chi connectivity index (χ0) is 9.42. The first kappa shape index (κ1) is 8.72. The predicted molar refractivity (Wildman–Crippen MR) is 53.8 cm³/mol. The molecule has 0 atom stereocenters. The first-order valence-corrected chi connectivity index (χ1v) is 4.66. The van der Waals surface area contributed by atoms with Crippen LogP contribution in [0.4, 0.5) is 4.39 Å². The van der Waals surface area contributed by atoms with Gasteiger partial charge in [-0.2, -0.15) is 0 Å². The maximum Gasteiger partial charge on any atom is 0.138 e. The molecule has 1 heterocycles. The van der Waals surface area contributed by atoms with Crippen molar-refractivity contribution < 1.29 is 4.39 Å². The second-order valence-electron chi connectivity index (χ2n) is 2.85. The van der Waals surface area contributed by atoms with Crippen molar-refractivity contribution in [1.82, 2.24) is 4.98 Å². The van der Waals surface area contributed by atoms with Crippen molar-refractivity contribution in [1.29, 1.82) is 0 Å². The normalized spacial score (nSPS) is 11.0. The number of aromatic amines is 1. The van der Waals surface area contributed by atoms with Gasteiger partial charge in [-0.3, -0.25) is 0 Å². The van der Waals surface area contributed by atoms with Crippen LogP contribution in [0.15, 0.2) is 22.7 Å². The van der Waals surface area contributed by atoms with E-state index in [2.05, 4.69) is 20.9 Å². The smallest absolute Gasteiger partial charge is 0.138 e. The van der Waals surface area contributed by atoms with Crippen LogP contribution in [0.1, 0.15) is 5.69 Å². The van der Waals surface area contributed by atoms with E-state index >= 15 is 0 Å². The molecule has 0 saturated heterocycles. The van der Waals surface area contributed by atoms with E-state index in [-0.39, 0.29) is 5.82 Å². The summed E-state index contributed by atoms with van der Waals surface area (Å²) in [7, 11) is 0. The minimum absolute atomic E-state index is 0.255. The molecule has 3 N–H and O–H groups in total. The van der Waals surface area contributed by atoms with Gasteiger partial charge in [-0.25, -0.2) is 4.39 Å². The maximum absolute atomic E-state index is 13.1. The minimum Gasteiger partial charge on any atom is -0.357 e. The molecule has 0 aliphatic carbocycles. The number of fused-ring (bicyclic) bond motifs is 1. The summed E-state index contributed by atoms with van der Waals surface area (Å²) in [5, 5.41) is 0.848. The van der Waals surface area contributed by atoms with Crippen LogP contribution < -0.4 is 5.73 Å². The number of halogens is 2. The molecule has 0 bridgehead atoms. The lowest BCUT2D eigenvalue weighted by Gasteiger charge is -1.93. The number of rotatable bonds is 1. The van der Waals surface area contributed by atoms with Gasteiger partial charge in [0.15, 0.2) is 0 Å². The van der Waals surface area contributed by atoms with Gasteiger partial charge in [-0.05, 0) is 34.1 Å². The van der Waals surface area contributed by atoms with Crippen molar-refractivity contribution in [3.63, 3.8) is 0 Å². The van der Waals surface area contributed by atoms with Crippen LogP contribution >= 0.6 is 15.9 Å². The summed E-state index contributed by atoms with van der Waals surface area (Å²) in [5.74, 6) is -0.255. The van der Waals surface area contributed by atoms with Crippen LogP contribution in [0.25, 0.3) is 10.9 Å². The van der Waals surface area contributed by atoms with Gasteiger partial charge in [0.2, 0.25) is 0 Å². The number of hydrogen-bond donors (Lipinski definition) is 2. The molecule has 0 aliphatic heterocycles. The molecule has 68 valence electrons. The van der Waals surface area contributed by atoms with Crippen LogP contribution in [0.3, 0.4) is 0 Å². The number of hydrogen-bond acceptors (Lipinski definition) is 1. The summed E-state index contributed by atoms with van der Waals surface area (Å²) in [6, 6.07) is 5.05. The fourth-order valence-corrected chi connectivity index (χ4v) is 1.64. The Balaban J connectivity index is 2.70. The molecule has 0 amide bonds. The SMILES string of the molecule is NCc1cc2cc(F)c(Br)cc2[nH]1. The van der Waals surface area contributed by atoms with Gasteiger partial charge in [0.05, 0.1) is 4.47 Å². The van der Waals surface area contributed by atoms with E-state index in [1.54, 1.807) is 6.07 Å². The van der Waals surface area contributed by atoms with Crippen LogP contribution in [-0.2, 0) is 6.54 Å². The summed E-state index contributed by atoms with van der Waals surface area (Å²) < 4.78 is 13.5. The molecule has 0 fully saturated rings. The molecule has 13 heavy (non-hydrogen) atoms. The lowest BCUT2D eigenvalue weighted by atomic mass is 10.2. The predicted octanol–water partition coefficient (Wildman–Crippen LogP) is 2.53. The van der Waals surface area contributed by atoms with E-state index in [9.17, 15) is 4.39 Å². The highest BCUT2D eigenvalue weighted by molar-refractivity contribution is 9.10. The van der Waals surface area contributed by atoms with E-state index in [1.165, 1.54) is 6.07 Å². The molecular formula is C9H8BrFN2. The molecule has 0 saturated carbocycles. The zero-order valence-corrected chi connectivity index (χ0v) is 8.36. The Morgan fingerprint density at radius 1 is 1.38 bits per heavy atom. The second-order valence-corrected chi connectivity index (χ2v) is 3.71. The topological polar surface area (TPSA) is 41.8 Å². The van der Waals surface area contributed by atoms with Crippen LogP contribution in [-0.4, -0.2) is 4.98 Å². The number of nitrogens with two attached hydrogens (primary N) is 1. The van der Waals surface area contributed by atoms with Crippen molar-refractivity contribution in [2.24, 2.45) is 5.73 Å². The molecule has 2 nitrogen and oxygen atoms in total. The highest BCUT2D eigenvalue weighted by atomic mass is 79.9. The van der Waals surface area contributed by atoms with E-state index < -0.39 is 0 Å². The third kappa shape index (κ3) is 1.47. The Morgan fingerprint density at radius 2 is 2.15 bits per heavy atom.